The van der Waals surface area contributed by atoms with Gasteiger partial charge in [-0.2, -0.15) is 0 Å². The predicted octanol–water partition coefficient (Wildman–Crippen LogP) is 1.71. The molecule has 0 bridgehead atoms. The van der Waals surface area contributed by atoms with Gasteiger partial charge in [-0.05, 0) is 32.1 Å². The Morgan fingerprint density at radius 2 is 2.07 bits per heavy atom. The zero-order valence-corrected chi connectivity index (χ0v) is 8.97. The first kappa shape index (κ1) is 11.5. The van der Waals surface area contributed by atoms with E-state index in [-0.39, 0.29) is 0 Å². The molecule has 1 rings (SSSR count). The molecular formula is C11H22N2O. The van der Waals surface area contributed by atoms with Crippen LogP contribution in [0.3, 0.4) is 0 Å². The summed E-state index contributed by atoms with van der Waals surface area (Å²) in [5, 5.41) is 12.0. The Bertz CT molecular complexity index is 169. The molecule has 0 unspecified atom stereocenters. The fourth-order valence-corrected chi connectivity index (χ4v) is 1.66. The summed E-state index contributed by atoms with van der Waals surface area (Å²) in [5.41, 5.74) is 0. The summed E-state index contributed by atoms with van der Waals surface area (Å²) in [5.74, 6) is 1.20. The van der Waals surface area contributed by atoms with Gasteiger partial charge >= 0.3 is 0 Å². The van der Waals surface area contributed by atoms with Crippen LogP contribution >= 0.6 is 0 Å². The van der Waals surface area contributed by atoms with E-state index in [1.54, 1.807) is 0 Å². The first-order valence-electron chi connectivity index (χ1n) is 5.81. The Labute approximate surface area is 86.6 Å². The summed E-state index contributed by atoms with van der Waals surface area (Å²) in [4.78, 5) is 4.50. The normalized spacial score (nSPS) is 17.4. The highest BCUT2D eigenvalue weighted by molar-refractivity contribution is 5.82. The summed E-state index contributed by atoms with van der Waals surface area (Å²) >= 11 is 0. The van der Waals surface area contributed by atoms with Crippen molar-refractivity contribution in [2.24, 2.45) is 4.99 Å². The molecule has 1 aliphatic heterocycles. The molecule has 2 N–H and O–H groups in total. The molecule has 3 nitrogen and oxygen atoms in total. The first-order valence-corrected chi connectivity index (χ1v) is 5.81. The number of hydrogen-bond acceptors (Lipinski definition) is 3. The lowest BCUT2D eigenvalue weighted by Crippen LogP contribution is -2.24. The van der Waals surface area contributed by atoms with E-state index in [1.165, 1.54) is 25.1 Å². The molecule has 0 radical (unpaired) electrons. The van der Waals surface area contributed by atoms with E-state index in [4.69, 9.17) is 5.11 Å². The topological polar surface area (TPSA) is 44.6 Å². The van der Waals surface area contributed by atoms with Crippen molar-refractivity contribution in [3.63, 3.8) is 0 Å². The Morgan fingerprint density at radius 1 is 1.14 bits per heavy atom. The van der Waals surface area contributed by atoms with Crippen LogP contribution in [0.2, 0.25) is 0 Å². The summed E-state index contributed by atoms with van der Waals surface area (Å²) in [6.45, 7) is 2.33. The van der Waals surface area contributed by atoms with Gasteiger partial charge in [-0.3, -0.25) is 4.99 Å². The number of amidine groups is 1. The average Bonchev–Trinajstić information content (AvgIpc) is 2.46. The first-order chi connectivity index (χ1) is 6.93. The van der Waals surface area contributed by atoms with Crippen LogP contribution in [0, 0.1) is 0 Å². The van der Waals surface area contributed by atoms with Gasteiger partial charge in [0.2, 0.25) is 0 Å². The molecule has 0 saturated heterocycles. The van der Waals surface area contributed by atoms with Crippen LogP contribution in [0.5, 0.6) is 0 Å². The average molecular weight is 198 g/mol. The van der Waals surface area contributed by atoms with Crippen molar-refractivity contribution in [2.75, 3.05) is 19.7 Å². The molecule has 0 aromatic carbocycles. The number of aliphatic hydroxyl groups is 1. The SMILES string of the molecule is OCCCCCNC1=NCCCCC1. The number of rotatable bonds is 5. The highest BCUT2D eigenvalue weighted by atomic mass is 16.2. The molecule has 0 amide bonds. The molecule has 14 heavy (non-hydrogen) atoms. The fourth-order valence-electron chi connectivity index (χ4n) is 1.66. The molecule has 0 aromatic heterocycles. The highest BCUT2D eigenvalue weighted by Gasteiger charge is 2.02. The van der Waals surface area contributed by atoms with Gasteiger partial charge in [-0.25, -0.2) is 0 Å². The lowest BCUT2D eigenvalue weighted by Gasteiger charge is -2.07. The van der Waals surface area contributed by atoms with Crippen molar-refractivity contribution in [3.8, 4) is 0 Å². The quantitative estimate of drug-likeness (QED) is 0.661. The van der Waals surface area contributed by atoms with Gasteiger partial charge < -0.3 is 10.4 Å². The van der Waals surface area contributed by atoms with Crippen LogP contribution in [-0.4, -0.2) is 30.6 Å². The summed E-state index contributed by atoms with van der Waals surface area (Å²) in [6, 6.07) is 0. The standard InChI is InChI=1S/C11H22N2O/c14-10-6-2-5-9-13-11-7-3-1-4-8-12-11/h14H,1-10H2,(H,12,13). The molecule has 0 saturated carbocycles. The minimum Gasteiger partial charge on any atom is -0.396 e. The lowest BCUT2D eigenvalue weighted by atomic mass is 10.2. The minimum absolute atomic E-state index is 0.320. The van der Waals surface area contributed by atoms with Crippen molar-refractivity contribution in [1.29, 1.82) is 0 Å². The summed E-state index contributed by atoms with van der Waals surface area (Å²) < 4.78 is 0. The Hall–Kier alpha value is -0.570. The molecule has 1 aliphatic rings. The van der Waals surface area contributed by atoms with Crippen molar-refractivity contribution >= 4 is 5.84 Å². The second kappa shape index (κ2) is 7.80. The van der Waals surface area contributed by atoms with Gasteiger partial charge in [0, 0.05) is 26.1 Å². The second-order valence-corrected chi connectivity index (χ2v) is 3.85. The zero-order valence-electron chi connectivity index (χ0n) is 8.97. The van der Waals surface area contributed by atoms with Gasteiger partial charge in [-0.15, -0.1) is 0 Å². The van der Waals surface area contributed by atoms with Gasteiger partial charge in [-0.1, -0.05) is 6.42 Å². The minimum atomic E-state index is 0.320. The monoisotopic (exact) mass is 198 g/mol. The number of aliphatic imine (C=N–C) groups is 1. The van der Waals surface area contributed by atoms with Crippen LogP contribution in [0.25, 0.3) is 0 Å². The molecule has 3 heteroatoms. The Balaban J connectivity index is 2.01. The molecular weight excluding hydrogens is 176 g/mol. The molecule has 0 aromatic rings. The zero-order chi connectivity index (χ0) is 10.1. The summed E-state index contributed by atoms with van der Waals surface area (Å²) in [7, 11) is 0. The van der Waals surface area contributed by atoms with Gasteiger partial charge in [0.1, 0.15) is 0 Å². The summed E-state index contributed by atoms with van der Waals surface area (Å²) in [6.07, 6.45) is 8.14. The fraction of sp³-hybridized carbons (Fsp3) is 0.909. The maximum absolute atomic E-state index is 8.61. The van der Waals surface area contributed by atoms with Crippen molar-refractivity contribution in [3.05, 3.63) is 0 Å². The van der Waals surface area contributed by atoms with E-state index < -0.39 is 0 Å². The predicted molar refractivity (Wildman–Crippen MR) is 59.7 cm³/mol. The third-order valence-electron chi connectivity index (χ3n) is 2.54. The number of nitrogens with zero attached hydrogens (tertiary/aromatic N) is 1. The number of hydrogen-bond donors (Lipinski definition) is 2. The van der Waals surface area contributed by atoms with E-state index >= 15 is 0 Å². The molecule has 0 atom stereocenters. The third-order valence-corrected chi connectivity index (χ3v) is 2.54. The Morgan fingerprint density at radius 3 is 2.93 bits per heavy atom. The highest BCUT2D eigenvalue weighted by Crippen LogP contribution is 2.06. The van der Waals surface area contributed by atoms with E-state index in [2.05, 4.69) is 10.3 Å². The molecule has 0 aliphatic carbocycles. The van der Waals surface area contributed by atoms with Crippen molar-refractivity contribution in [1.82, 2.24) is 5.32 Å². The maximum Gasteiger partial charge on any atom is 0.0963 e. The Kier molecular flexibility index (Phi) is 6.41. The van der Waals surface area contributed by atoms with Crippen LogP contribution < -0.4 is 5.32 Å². The smallest absolute Gasteiger partial charge is 0.0963 e. The largest absolute Gasteiger partial charge is 0.396 e. The number of aliphatic hydroxyl groups excluding tert-OH is 1. The van der Waals surface area contributed by atoms with E-state index in [1.807, 2.05) is 0 Å². The van der Waals surface area contributed by atoms with Gasteiger partial charge in [0.25, 0.3) is 0 Å². The molecule has 0 spiro atoms. The van der Waals surface area contributed by atoms with Crippen molar-refractivity contribution in [2.45, 2.75) is 44.9 Å². The number of nitrogens with one attached hydrogen (secondary N) is 1. The maximum atomic E-state index is 8.61. The molecule has 82 valence electrons. The molecule has 0 fully saturated rings. The van der Waals surface area contributed by atoms with Gasteiger partial charge in [0.15, 0.2) is 0 Å². The van der Waals surface area contributed by atoms with Crippen LogP contribution in [0.1, 0.15) is 44.9 Å². The second-order valence-electron chi connectivity index (χ2n) is 3.85. The molecule has 1 heterocycles. The van der Waals surface area contributed by atoms with Crippen LogP contribution in [0.4, 0.5) is 0 Å². The van der Waals surface area contributed by atoms with Gasteiger partial charge in [0.05, 0.1) is 5.84 Å². The van der Waals surface area contributed by atoms with E-state index in [0.717, 1.165) is 38.8 Å². The van der Waals surface area contributed by atoms with Crippen LogP contribution in [0.15, 0.2) is 4.99 Å². The number of unbranched alkanes of at least 4 members (excludes halogenated alkanes) is 2. The third kappa shape index (κ3) is 5.22. The van der Waals surface area contributed by atoms with Crippen LogP contribution in [-0.2, 0) is 0 Å². The lowest BCUT2D eigenvalue weighted by molar-refractivity contribution is 0.283. The van der Waals surface area contributed by atoms with Crippen molar-refractivity contribution < 1.29 is 5.11 Å². The van der Waals surface area contributed by atoms with E-state index in [9.17, 15) is 0 Å². The van der Waals surface area contributed by atoms with E-state index in [0.29, 0.717) is 6.61 Å².